The number of carbonyl (C=O) groups is 1. The summed E-state index contributed by atoms with van der Waals surface area (Å²) in [6.45, 7) is 4.05. The fourth-order valence-electron chi connectivity index (χ4n) is 2.32. The zero-order valence-electron chi connectivity index (χ0n) is 12.1. The van der Waals surface area contributed by atoms with E-state index in [2.05, 4.69) is 22.2 Å². The molecule has 112 valence electrons. The van der Waals surface area contributed by atoms with Crippen LogP contribution in [-0.4, -0.2) is 47.1 Å². The first-order valence-electron chi connectivity index (χ1n) is 7.04. The van der Waals surface area contributed by atoms with E-state index in [-0.39, 0.29) is 12.0 Å². The van der Waals surface area contributed by atoms with Gasteiger partial charge >= 0.3 is 5.97 Å². The van der Waals surface area contributed by atoms with Crippen molar-refractivity contribution < 1.29 is 9.53 Å². The van der Waals surface area contributed by atoms with Crippen LogP contribution in [0.4, 0.5) is 0 Å². The first kappa shape index (κ1) is 15.8. The zero-order chi connectivity index (χ0) is 14.4. The Labute approximate surface area is 128 Å². The second-order valence-electron chi connectivity index (χ2n) is 4.96. The maximum Gasteiger partial charge on any atom is 0.307 e. The molecule has 6 heteroatoms. The molecule has 0 radical (unpaired) electrons. The van der Waals surface area contributed by atoms with Crippen LogP contribution >= 0.6 is 23.1 Å². The molecule has 1 saturated heterocycles. The molecule has 1 aliphatic rings. The van der Waals surface area contributed by atoms with Gasteiger partial charge in [0.2, 0.25) is 0 Å². The highest BCUT2D eigenvalue weighted by Gasteiger charge is 2.26. The molecule has 0 bridgehead atoms. The van der Waals surface area contributed by atoms with E-state index in [0.717, 1.165) is 43.1 Å². The molecular weight excluding hydrogens is 292 g/mol. The Hall–Kier alpha value is -0.590. The lowest BCUT2D eigenvalue weighted by atomic mass is 10.2. The summed E-state index contributed by atoms with van der Waals surface area (Å²) in [7, 11) is 1.46. The molecule has 0 amide bonds. The molecule has 1 atom stereocenters. The second-order valence-corrected chi connectivity index (χ2v) is 7.05. The lowest BCUT2D eigenvalue weighted by Gasteiger charge is -2.34. The molecule has 0 aromatic carbocycles. The Morgan fingerprint density at radius 2 is 2.45 bits per heavy atom. The molecule has 4 nitrogen and oxygen atoms in total. The maximum atomic E-state index is 11.5. The van der Waals surface area contributed by atoms with Crippen molar-refractivity contribution in [3.8, 4) is 0 Å². The van der Waals surface area contributed by atoms with Crippen molar-refractivity contribution in [1.82, 2.24) is 9.88 Å². The summed E-state index contributed by atoms with van der Waals surface area (Å²) in [5.74, 6) is 2.01. The molecular formula is C14H22N2O2S2. The predicted octanol–water partition coefficient (Wildman–Crippen LogP) is 2.58. The third kappa shape index (κ3) is 4.46. The summed E-state index contributed by atoms with van der Waals surface area (Å²) in [4.78, 5) is 18.6. The number of esters is 1. The topological polar surface area (TPSA) is 42.4 Å². The van der Waals surface area contributed by atoms with Gasteiger partial charge in [-0.15, -0.1) is 11.3 Å². The lowest BCUT2D eigenvalue weighted by Crippen LogP contribution is -2.43. The smallest absolute Gasteiger partial charge is 0.307 e. The van der Waals surface area contributed by atoms with Crippen molar-refractivity contribution in [2.24, 2.45) is 0 Å². The highest BCUT2D eigenvalue weighted by atomic mass is 32.2. The molecule has 1 aliphatic heterocycles. The Morgan fingerprint density at radius 1 is 1.60 bits per heavy atom. The predicted molar refractivity (Wildman–Crippen MR) is 84.3 cm³/mol. The van der Waals surface area contributed by atoms with Gasteiger partial charge in [-0.1, -0.05) is 6.92 Å². The van der Waals surface area contributed by atoms with Gasteiger partial charge in [0.05, 0.1) is 24.2 Å². The average molecular weight is 314 g/mol. The number of ether oxygens (including phenoxy) is 1. The van der Waals surface area contributed by atoms with E-state index < -0.39 is 0 Å². The minimum Gasteiger partial charge on any atom is -0.469 e. The summed E-state index contributed by atoms with van der Waals surface area (Å²) < 4.78 is 4.80. The molecule has 1 unspecified atom stereocenters. The van der Waals surface area contributed by atoms with E-state index in [0.29, 0.717) is 6.42 Å². The van der Waals surface area contributed by atoms with Gasteiger partial charge in [0, 0.05) is 36.0 Å². The number of hydrogen-bond acceptors (Lipinski definition) is 6. The SMILES string of the molecule is CCCc1nc(CN2CCSCC2CC(=O)OC)cs1. The van der Waals surface area contributed by atoms with Crippen LogP contribution in [0.5, 0.6) is 0 Å². The molecule has 0 N–H and O–H groups in total. The van der Waals surface area contributed by atoms with Gasteiger partial charge in [-0.2, -0.15) is 11.8 Å². The van der Waals surface area contributed by atoms with E-state index in [1.807, 2.05) is 11.8 Å². The standard InChI is InChI=1S/C14H22N2O2S2/c1-3-4-13-15-11(9-20-13)8-16-5-6-19-10-12(16)7-14(17)18-2/h9,12H,3-8,10H2,1-2H3. The van der Waals surface area contributed by atoms with E-state index in [4.69, 9.17) is 4.74 Å². The van der Waals surface area contributed by atoms with Gasteiger partial charge in [0.1, 0.15) is 0 Å². The fourth-order valence-corrected chi connectivity index (χ4v) is 4.34. The van der Waals surface area contributed by atoms with Crippen LogP contribution in [0.2, 0.25) is 0 Å². The third-order valence-electron chi connectivity index (χ3n) is 3.41. The van der Waals surface area contributed by atoms with Crippen LogP contribution < -0.4 is 0 Å². The van der Waals surface area contributed by atoms with E-state index >= 15 is 0 Å². The highest BCUT2D eigenvalue weighted by molar-refractivity contribution is 7.99. The number of aromatic nitrogens is 1. The van der Waals surface area contributed by atoms with Crippen molar-refractivity contribution in [3.05, 3.63) is 16.1 Å². The van der Waals surface area contributed by atoms with E-state index in [1.54, 1.807) is 11.3 Å². The Kier molecular flexibility index (Phi) is 6.32. The number of carbonyl (C=O) groups excluding carboxylic acids is 1. The monoisotopic (exact) mass is 314 g/mol. The summed E-state index contributed by atoms with van der Waals surface area (Å²) >= 11 is 3.66. The number of aryl methyl sites for hydroxylation is 1. The minimum atomic E-state index is -0.118. The van der Waals surface area contributed by atoms with Gasteiger partial charge in [0.25, 0.3) is 0 Å². The number of methoxy groups -OCH3 is 1. The van der Waals surface area contributed by atoms with Crippen LogP contribution in [0.15, 0.2) is 5.38 Å². The van der Waals surface area contributed by atoms with Crippen molar-refractivity contribution in [3.63, 3.8) is 0 Å². The van der Waals surface area contributed by atoms with Crippen LogP contribution in [0.3, 0.4) is 0 Å². The van der Waals surface area contributed by atoms with Gasteiger partial charge < -0.3 is 4.74 Å². The highest BCUT2D eigenvalue weighted by Crippen LogP contribution is 2.22. The van der Waals surface area contributed by atoms with Crippen LogP contribution in [0.25, 0.3) is 0 Å². The Bertz CT molecular complexity index is 437. The number of nitrogens with zero attached hydrogens (tertiary/aromatic N) is 2. The van der Waals surface area contributed by atoms with Crippen LogP contribution in [-0.2, 0) is 22.5 Å². The van der Waals surface area contributed by atoms with Gasteiger partial charge in [-0.05, 0) is 12.8 Å². The second kappa shape index (κ2) is 8.00. The molecule has 0 spiro atoms. The summed E-state index contributed by atoms with van der Waals surface area (Å²) in [5, 5.41) is 3.38. The van der Waals surface area contributed by atoms with Crippen LogP contribution in [0.1, 0.15) is 30.5 Å². The van der Waals surface area contributed by atoms with E-state index in [9.17, 15) is 4.79 Å². The van der Waals surface area contributed by atoms with Crippen molar-refractivity contribution >= 4 is 29.1 Å². The fraction of sp³-hybridized carbons (Fsp3) is 0.714. The number of hydrogen-bond donors (Lipinski definition) is 0. The molecule has 0 saturated carbocycles. The molecule has 1 fully saturated rings. The molecule has 2 heterocycles. The summed E-state index contributed by atoms with van der Waals surface area (Å²) in [6, 6.07) is 0.275. The Morgan fingerprint density at radius 3 is 3.20 bits per heavy atom. The van der Waals surface area contributed by atoms with Crippen molar-refractivity contribution in [1.29, 1.82) is 0 Å². The largest absolute Gasteiger partial charge is 0.469 e. The van der Waals surface area contributed by atoms with Gasteiger partial charge in [-0.3, -0.25) is 9.69 Å². The van der Waals surface area contributed by atoms with Crippen molar-refractivity contribution in [2.75, 3.05) is 25.2 Å². The molecule has 1 aromatic rings. The molecule has 20 heavy (non-hydrogen) atoms. The van der Waals surface area contributed by atoms with Gasteiger partial charge in [0.15, 0.2) is 0 Å². The Balaban J connectivity index is 1.95. The molecule has 2 rings (SSSR count). The first-order valence-corrected chi connectivity index (χ1v) is 9.08. The lowest BCUT2D eigenvalue weighted by molar-refractivity contribution is -0.141. The van der Waals surface area contributed by atoms with Crippen molar-refractivity contribution in [2.45, 2.75) is 38.8 Å². The quantitative estimate of drug-likeness (QED) is 0.755. The van der Waals surface area contributed by atoms with Gasteiger partial charge in [-0.25, -0.2) is 4.98 Å². The maximum absolute atomic E-state index is 11.5. The molecule has 1 aromatic heterocycles. The number of thiazole rings is 1. The minimum absolute atomic E-state index is 0.118. The zero-order valence-corrected chi connectivity index (χ0v) is 13.8. The molecule has 0 aliphatic carbocycles. The first-order chi connectivity index (χ1) is 9.72. The summed E-state index contributed by atoms with van der Waals surface area (Å²) in [6.07, 6.45) is 2.68. The summed E-state index contributed by atoms with van der Waals surface area (Å²) in [5.41, 5.74) is 1.14. The third-order valence-corrected chi connectivity index (χ3v) is 5.46. The number of thioether (sulfide) groups is 1. The number of rotatable bonds is 6. The average Bonchev–Trinajstić information content (AvgIpc) is 2.88. The van der Waals surface area contributed by atoms with Crippen LogP contribution in [0, 0.1) is 0 Å². The van der Waals surface area contributed by atoms with E-state index in [1.165, 1.54) is 12.1 Å². The normalized spacial score (nSPS) is 20.0.